The Morgan fingerprint density at radius 1 is 1.14 bits per heavy atom. The van der Waals surface area contributed by atoms with Gasteiger partial charge in [0.05, 0.1) is 6.61 Å². The van der Waals surface area contributed by atoms with Gasteiger partial charge in [0.1, 0.15) is 16.6 Å². The Morgan fingerprint density at radius 2 is 1.83 bits per heavy atom. The van der Waals surface area contributed by atoms with E-state index in [4.69, 9.17) is 4.74 Å². The van der Waals surface area contributed by atoms with Crippen LogP contribution >= 0.6 is 0 Å². The van der Waals surface area contributed by atoms with Crippen LogP contribution in [0.15, 0.2) is 17.2 Å². The lowest BCUT2D eigenvalue weighted by molar-refractivity contribution is -0.125. The van der Waals surface area contributed by atoms with Crippen molar-refractivity contribution in [2.75, 3.05) is 13.2 Å². The van der Waals surface area contributed by atoms with Crippen LogP contribution in [-0.4, -0.2) is 54.4 Å². The van der Waals surface area contributed by atoms with Crippen molar-refractivity contribution >= 4 is 21.9 Å². The van der Waals surface area contributed by atoms with Crippen LogP contribution in [0.5, 0.6) is 0 Å². The number of amides is 1. The molecular formula is C20H31N3O5S. The van der Waals surface area contributed by atoms with Crippen LogP contribution in [0, 0.1) is 0 Å². The van der Waals surface area contributed by atoms with E-state index in [1.54, 1.807) is 14.0 Å². The molecule has 0 unspecified atom stereocenters. The van der Waals surface area contributed by atoms with E-state index in [0.717, 1.165) is 25.7 Å². The van der Waals surface area contributed by atoms with E-state index in [2.05, 4.69) is 5.32 Å². The van der Waals surface area contributed by atoms with Gasteiger partial charge in [-0.05, 0) is 38.7 Å². The van der Waals surface area contributed by atoms with Crippen LogP contribution in [0.4, 0.5) is 0 Å². The Bertz CT molecular complexity index is 840. The van der Waals surface area contributed by atoms with Crippen molar-refractivity contribution in [3.05, 3.63) is 18.0 Å². The van der Waals surface area contributed by atoms with Gasteiger partial charge in [-0.3, -0.25) is 4.79 Å². The van der Waals surface area contributed by atoms with Gasteiger partial charge >= 0.3 is 5.97 Å². The quantitative estimate of drug-likeness (QED) is 0.557. The molecule has 3 rings (SSSR count). The normalized spacial score (nSPS) is 21.7. The number of carbonyl (C=O) groups is 2. The second-order valence-electron chi connectivity index (χ2n) is 7.86. The molecule has 1 saturated heterocycles. The SMILES string of the molecule is CCOC(=O)c1cc(S(=O)(=O)N2CCC[C@@H]2C(=O)NC2CCCCCC2)cn1C. The molecule has 0 aromatic carbocycles. The van der Waals surface area contributed by atoms with Crippen LogP contribution in [0.2, 0.25) is 0 Å². The third-order valence-electron chi connectivity index (χ3n) is 5.78. The summed E-state index contributed by atoms with van der Waals surface area (Å²) in [6, 6.07) is 0.753. The van der Waals surface area contributed by atoms with E-state index >= 15 is 0 Å². The minimum Gasteiger partial charge on any atom is -0.461 e. The van der Waals surface area contributed by atoms with Gasteiger partial charge in [-0.15, -0.1) is 0 Å². The van der Waals surface area contributed by atoms with Crippen molar-refractivity contribution in [2.45, 2.75) is 75.3 Å². The number of hydrogen-bond donors (Lipinski definition) is 1. The van der Waals surface area contributed by atoms with Gasteiger partial charge in [-0.2, -0.15) is 4.31 Å². The van der Waals surface area contributed by atoms with E-state index in [9.17, 15) is 18.0 Å². The lowest BCUT2D eigenvalue weighted by Gasteiger charge is -2.25. The first-order valence-corrected chi connectivity index (χ1v) is 11.9. The molecular weight excluding hydrogens is 394 g/mol. The fraction of sp³-hybridized carbons (Fsp3) is 0.700. The van der Waals surface area contributed by atoms with Crippen LogP contribution < -0.4 is 5.32 Å². The van der Waals surface area contributed by atoms with E-state index in [0.29, 0.717) is 19.4 Å². The fourth-order valence-electron chi connectivity index (χ4n) is 4.23. The Labute approximate surface area is 172 Å². The van der Waals surface area contributed by atoms with E-state index in [1.807, 2.05) is 0 Å². The summed E-state index contributed by atoms with van der Waals surface area (Å²) < 4.78 is 34.2. The number of nitrogens with zero attached hydrogens (tertiary/aromatic N) is 2. The maximum atomic E-state index is 13.2. The number of ether oxygens (including phenoxy) is 1. The Balaban J connectivity index is 1.76. The van der Waals surface area contributed by atoms with Crippen molar-refractivity contribution in [1.82, 2.24) is 14.2 Å². The van der Waals surface area contributed by atoms with Crippen LogP contribution in [0.3, 0.4) is 0 Å². The van der Waals surface area contributed by atoms with Gasteiger partial charge in [0.15, 0.2) is 0 Å². The van der Waals surface area contributed by atoms with Crippen molar-refractivity contribution in [3.63, 3.8) is 0 Å². The minimum atomic E-state index is -3.89. The maximum Gasteiger partial charge on any atom is 0.354 e. The van der Waals surface area contributed by atoms with Gasteiger partial charge < -0.3 is 14.6 Å². The number of aryl methyl sites for hydroxylation is 1. The Hall–Kier alpha value is -1.87. The molecule has 0 radical (unpaired) electrons. The van der Waals surface area contributed by atoms with Crippen LogP contribution in [-0.2, 0) is 26.6 Å². The number of hydrogen-bond acceptors (Lipinski definition) is 5. The lowest BCUT2D eigenvalue weighted by Crippen LogP contribution is -2.48. The smallest absolute Gasteiger partial charge is 0.354 e. The molecule has 1 amide bonds. The highest BCUT2D eigenvalue weighted by atomic mass is 32.2. The highest BCUT2D eigenvalue weighted by molar-refractivity contribution is 7.89. The summed E-state index contributed by atoms with van der Waals surface area (Å²) >= 11 is 0. The molecule has 1 aliphatic carbocycles. The average molecular weight is 426 g/mol. The molecule has 1 aromatic rings. The summed E-state index contributed by atoms with van der Waals surface area (Å²) in [7, 11) is -2.28. The average Bonchev–Trinajstić information content (AvgIpc) is 3.25. The fourth-order valence-corrected chi connectivity index (χ4v) is 5.96. The van der Waals surface area contributed by atoms with E-state index in [-0.39, 0.29) is 29.1 Å². The number of nitrogens with one attached hydrogen (secondary N) is 1. The first-order chi connectivity index (χ1) is 13.8. The Morgan fingerprint density at radius 3 is 2.48 bits per heavy atom. The summed E-state index contributed by atoms with van der Waals surface area (Å²) in [6.07, 6.45) is 9.02. The number of aromatic nitrogens is 1. The molecule has 1 atom stereocenters. The van der Waals surface area contributed by atoms with E-state index < -0.39 is 22.0 Å². The molecule has 162 valence electrons. The molecule has 1 N–H and O–H groups in total. The maximum absolute atomic E-state index is 13.2. The van der Waals surface area contributed by atoms with Gasteiger partial charge in [0, 0.05) is 25.8 Å². The monoisotopic (exact) mass is 425 g/mol. The topological polar surface area (TPSA) is 97.7 Å². The molecule has 1 saturated carbocycles. The minimum absolute atomic E-state index is 0.0113. The first-order valence-electron chi connectivity index (χ1n) is 10.5. The lowest BCUT2D eigenvalue weighted by atomic mass is 10.1. The first kappa shape index (κ1) is 21.8. The number of rotatable bonds is 6. The van der Waals surface area contributed by atoms with Gasteiger partial charge in [-0.25, -0.2) is 13.2 Å². The zero-order valence-electron chi connectivity index (χ0n) is 17.2. The molecule has 0 spiro atoms. The highest BCUT2D eigenvalue weighted by Gasteiger charge is 2.40. The van der Waals surface area contributed by atoms with Gasteiger partial charge in [0.25, 0.3) is 0 Å². The zero-order chi connectivity index (χ0) is 21.0. The van der Waals surface area contributed by atoms with Crippen LogP contribution in [0.25, 0.3) is 0 Å². The standard InChI is InChI=1S/C20H31N3O5S/c1-3-28-20(25)18-13-16(14-22(18)2)29(26,27)23-12-8-11-17(23)19(24)21-15-9-6-4-5-7-10-15/h13-15,17H,3-12H2,1-2H3,(H,21,24)/t17-/m1/s1. The number of sulfonamides is 1. The molecule has 1 aromatic heterocycles. The third-order valence-corrected chi connectivity index (χ3v) is 7.65. The van der Waals surface area contributed by atoms with Crippen LogP contribution in [0.1, 0.15) is 68.8 Å². The third kappa shape index (κ3) is 4.83. The van der Waals surface area contributed by atoms with Gasteiger partial charge in [-0.1, -0.05) is 25.7 Å². The molecule has 0 bridgehead atoms. The van der Waals surface area contributed by atoms with Crippen molar-refractivity contribution < 1.29 is 22.7 Å². The predicted octanol–water partition coefficient (Wildman–Crippen LogP) is 2.19. The largest absolute Gasteiger partial charge is 0.461 e. The predicted molar refractivity (Wildman–Crippen MR) is 108 cm³/mol. The van der Waals surface area contributed by atoms with Crippen molar-refractivity contribution in [3.8, 4) is 0 Å². The summed E-state index contributed by atoms with van der Waals surface area (Å²) in [5.74, 6) is -0.778. The second-order valence-corrected chi connectivity index (χ2v) is 9.75. The van der Waals surface area contributed by atoms with E-state index in [1.165, 1.54) is 34.0 Å². The molecule has 8 nitrogen and oxygen atoms in total. The molecule has 2 heterocycles. The molecule has 2 fully saturated rings. The molecule has 29 heavy (non-hydrogen) atoms. The summed E-state index contributed by atoms with van der Waals surface area (Å²) in [5.41, 5.74) is 0.170. The highest BCUT2D eigenvalue weighted by Crippen LogP contribution is 2.28. The summed E-state index contributed by atoms with van der Waals surface area (Å²) in [5, 5.41) is 3.08. The number of esters is 1. The molecule has 2 aliphatic rings. The molecule has 1 aliphatic heterocycles. The summed E-state index contributed by atoms with van der Waals surface area (Å²) in [6.45, 7) is 2.20. The Kier molecular flexibility index (Phi) is 7.00. The van der Waals surface area contributed by atoms with Crippen molar-refractivity contribution in [1.29, 1.82) is 0 Å². The summed E-state index contributed by atoms with van der Waals surface area (Å²) in [4.78, 5) is 24.9. The number of carbonyl (C=O) groups excluding carboxylic acids is 2. The zero-order valence-corrected chi connectivity index (χ0v) is 18.0. The molecule has 9 heteroatoms. The van der Waals surface area contributed by atoms with Crippen molar-refractivity contribution in [2.24, 2.45) is 7.05 Å². The second kappa shape index (κ2) is 9.30. The van der Waals surface area contributed by atoms with Gasteiger partial charge in [0.2, 0.25) is 15.9 Å².